The summed E-state index contributed by atoms with van der Waals surface area (Å²) in [5.74, 6) is -0.559. The molecule has 0 bridgehead atoms. The van der Waals surface area contributed by atoms with E-state index < -0.39 is 18.1 Å². The summed E-state index contributed by atoms with van der Waals surface area (Å²) in [5, 5.41) is 11.6. The van der Waals surface area contributed by atoms with E-state index in [1.54, 1.807) is 12.1 Å². The van der Waals surface area contributed by atoms with Gasteiger partial charge in [0.05, 0.1) is 5.92 Å². The lowest BCUT2D eigenvalue weighted by Gasteiger charge is -2.30. The molecule has 0 unspecified atom stereocenters. The van der Waals surface area contributed by atoms with Crippen molar-refractivity contribution in [3.8, 4) is 0 Å². The maximum Gasteiger partial charge on any atom is 0.246 e. The summed E-state index contributed by atoms with van der Waals surface area (Å²) in [6.07, 6.45) is 1.00. The number of ether oxygens (including phenoxy) is 1. The van der Waals surface area contributed by atoms with Gasteiger partial charge in [-0.3, -0.25) is 14.9 Å². The van der Waals surface area contributed by atoms with Gasteiger partial charge in [-0.15, -0.1) is 0 Å². The third-order valence-electron chi connectivity index (χ3n) is 3.39. The van der Waals surface area contributed by atoms with E-state index in [9.17, 15) is 14.9 Å². The van der Waals surface area contributed by atoms with Crippen LogP contribution >= 0.6 is 11.6 Å². The highest BCUT2D eigenvalue weighted by atomic mass is 35.5. The van der Waals surface area contributed by atoms with Gasteiger partial charge in [0.2, 0.25) is 6.04 Å². The zero-order chi connectivity index (χ0) is 14.0. The van der Waals surface area contributed by atoms with Crippen molar-refractivity contribution >= 4 is 17.4 Å². The molecule has 0 saturated heterocycles. The molecule has 1 aromatic rings. The van der Waals surface area contributed by atoms with Crippen molar-refractivity contribution in [2.45, 2.75) is 30.9 Å². The zero-order valence-electron chi connectivity index (χ0n) is 10.3. The van der Waals surface area contributed by atoms with Gasteiger partial charge in [0.25, 0.3) is 0 Å². The number of carbonyl (C=O) groups is 1. The summed E-state index contributed by atoms with van der Waals surface area (Å²) in [5.41, 5.74) is 0.640. The van der Waals surface area contributed by atoms with E-state index in [4.69, 9.17) is 16.3 Å². The van der Waals surface area contributed by atoms with E-state index >= 15 is 0 Å². The molecule has 19 heavy (non-hydrogen) atoms. The first-order chi connectivity index (χ1) is 9.02. The fraction of sp³-hybridized carbons (Fsp3) is 0.500. The lowest BCUT2D eigenvalue weighted by molar-refractivity contribution is -0.540. The van der Waals surface area contributed by atoms with E-state index in [-0.39, 0.29) is 23.5 Å². The molecule has 0 radical (unpaired) electrons. The summed E-state index contributed by atoms with van der Waals surface area (Å²) in [4.78, 5) is 26.5. The molecule has 1 aliphatic rings. The number of hydrogen-bond donors (Lipinski definition) is 0. The van der Waals surface area contributed by atoms with Crippen LogP contribution in [0.25, 0.3) is 0 Å². The van der Waals surface area contributed by atoms with Gasteiger partial charge in [0.15, 0.2) is 0 Å². The molecule has 1 heterocycles. The molecule has 6 nitrogen and oxygen atoms in total. The zero-order valence-corrected chi connectivity index (χ0v) is 11.0. The first-order valence-electron chi connectivity index (χ1n) is 5.82. The van der Waals surface area contributed by atoms with Gasteiger partial charge in [-0.2, -0.15) is 0 Å². The van der Waals surface area contributed by atoms with Crippen molar-refractivity contribution < 1.29 is 14.5 Å². The third-order valence-corrected chi connectivity index (χ3v) is 3.62. The molecule has 0 spiro atoms. The van der Waals surface area contributed by atoms with Crippen LogP contribution in [0.1, 0.15) is 24.3 Å². The molecule has 102 valence electrons. The van der Waals surface area contributed by atoms with E-state index in [2.05, 4.69) is 4.98 Å². The van der Waals surface area contributed by atoms with Gasteiger partial charge < -0.3 is 4.74 Å². The van der Waals surface area contributed by atoms with Crippen LogP contribution in [-0.4, -0.2) is 34.9 Å². The number of nitrogens with zero attached hydrogens (tertiary/aromatic N) is 2. The number of aromatic nitrogens is 1. The lowest BCUT2D eigenvalue weighted by atomic mass is 9.78. The predicted molar refractivity (Wildman–Crippen MR) is 67.8 cm³/mol. The number of methoxy groups -OCH3 is 1. The van der Waals surface area contributed by atoms with Gasteiger partial charge in [0.1, 0.15) is 17.0 Å². The number of nitro groups is 1. The maximum absolute atomic E-state index is 11.7. The second kappa shape index (κ2) is 5.63. The first-order valence-corrected chi connectivity index (χ1v) is 6.20. The van der Waals surface area contributed by atoms with E-state index in [0.29, 0.717) is 10.7 Å². The number of carbonyl (C=O) groups excluding carboxylic acids is 1. The Morgan fingerprint density at radius 3 is 2.74 bits per heavy atom. The van der Waals surface area contributed by atoms with E-state index in [1.165, 1.54) is 13.3 Å². The third kappa shape index (κ3) is 2.90. The smallest absolute Gasteiger partial charge is 0.246 e. The van der Waals surface area contributed by atoms with Gasteiger partial charge in [0, 0.05) is 31.1 Å². The highest BCUT2D eigenvalue weighted by Crippen LogP contribution is 2.34. The maximum atomic E-state index is 11.7. The van der Waals surface area contributed by atoms with E-state index in [1.807, 2.05) is 0 Å². The monoisotopic (exact) mass is 284 g/mol. The Morgan fingerprint density at radius 2 is 2.21 bits per heavy atom. The summed E-state index contributed by atoms with van der Waals surface area (Å²) in [6.45, 7) is 0. The largest absolute Gasteiger partial charge is 0.374 e. The molecular weight excluding hydrogens is 272 g/mol. The molecule has 1 saturated carbocycles. The standard InChI is InChI=1S/C12H13ClN2O4/c1-19-10-5-8(16)4-9(12(10)15(17)18)7-2-3-11(13)14-6-7/h2-3,6,9-10,12H,4-5H2,1H3/t9-,10+,12-/m1/s1. The number of ketones is 1. The molecule has 1 aromatic heterocycles. The number of Topliss-reactive ketones (excluding diaryl/α,β-unsaturated/α-hetero) is 1. The Hall–Kier alpha value is -1.53. The summed E-state index contributed by atoms with van der Waals surface area (Å²) < 4.78 is 5.10. The van der Waals surface area contributed by atoms with Gasteiger partial charge in [-0.1, -0.05) is 17.7 Å². The SMILES string of the molecule is CO[C@H]1CC(=O)C[C@H](c2ccc(Cl)nc2)[C@H]1[N+](=O)[O-]. The van der Waals surface area contributed by atoms with Crippen LogP contribution in [0.3, 0.4) is 0 Å². The Morgan fingerprint density at radius 1 is 1.47 bits per heavy atom. The molecule has 0 amide bonds. The Balaban J connectivity index is 2.36. The number of pyridine rings is 1. The van der Waals surface area contributed by atoms with Crippen molar-refractivity contribution in [3.05, 3.63) is 39.2 Å². The fourth-order valence-corrected chi connectivity index (χ4v) is 2.59. The average Bonchev–Trinajstić information content (AvgIpc) is 2.38. The summed E-state index contributed by atoms with van der Waals surface area (Å²) in [6, 6.07) is 2.29. The number of hydrogen-bond acceptors (Lipinski definition) is 5. The molecule has 1 fully saturated rings. The molecule has 0 aliphatic heterocycles. The summed E-state index contributed by atoms with van der Waals surface area (Å²) in [7, 11) is 1.39. The van der Waals surface area contributed by atoms with Gasteiger partial charge >= 0.3 is 0 Å². The second-order valence-corrected chi connectivity index (χ2v) is 4.91. The van der Waals surface area contributed by atoms with Crippen LogP contribution < -0.4 is 0 Å². The summed E-state index contributed by atoms with van der Waals surface area (Å²) >= 11 is 5.70. The Labute approximate surface area is 114 Å². The topological polar surface area (TPSA) is 82.3 Å². The minimum atomic E-state index is -0.939. The number of rotatable bonds is 3. The van der Waals surface area contributed by atoms with Gasteiger partial charge in [-0.05, 0) is 11.6 Å². The average molecular weight is 285 g/mol. The van der Waals surface area contributed by atoms with Crippen molar-refractivity contribution in [1.29, 1.82) is 0 Å². The van der Waals surface area contributed by atoms with Crippen LogP contribution in [-0.2, 0) is 9.53 Å². The van der Waals surface area contributed by atoms with Crippen LogP contribution in [0.5, 0.6) is 0 Å². The molecular formula is C12H13ClN2O4. The first kappa shape index (κ1) is 13.9. The highest BCUT2D eigenvalue weighted by Gasteiger charge is 2.46. The van der Waals surface area contributed by atoms with Crippen LogP contribution in [0, 0.1) is 10.1 Å². The number of halogens is 1. The highest BCUT2D eigenvalue weighted by molar-refractivity contribution is 6.29. The quantitative estimate of drug-likeness (QED) is 0.480. The normalized spacial score (nSPS) is 27.3. The molecule has 3 atom stereocenters. The van der Waals surface area contributed by atoms with Crippen LogP contribution in [0.15, 0.2) is 18.3 Å². The minimum Gasteiger partial charge on any atom is -0.374 e. The minimum absolute atomic E-state index is 0.0371. The second-order valence-electron chi connectivity index (χ2n) is 4.52. The lowest BCUT2D eigenvalue weighted by Crippen LogP contribution is -2.46. The predicted octanol–water partition coefficient (Wildman–Crippen LogP) is 1.84. The Bertz CT molecular complexity index is 491. The van der Waals surface area contributed by atoms with Crippen molar-refractivity contribution in [2.75, 3.05) is 7.11 Å². The molecule has 0 N–H and O–H groups in total. The molecule has 1 aliphatic carbocycles. The van der Waals surface area contributed by atoms with Gasteiger partial charge in [-0.25, -0.2) is 4.98 Å². The molecule has 2 rings (SSSR count). The van der Waals surface area contributed by atoms with Crippen molar-refractivity contribution in [3.63, 3.8) is 0 Å². The van der Waals surface area contributed by atoms with Crippen molar-refractivity contribution in [1.82, 2.24) is 4.98 Å². The molecule has 0 aromatic carbocycles. The van der Waals surface area contributed by atoms with Crippen LogP contribution in [0.4, 0.5) is 0 Å². The molecule has 7 heteroatoms. The van der Waals surface area contributed by atoms with E-state index in [0.717, 1.165) is 0 Å². The van der Waals surface area contributed by atoms with Crippen molar-refractivity contribution in [2.24, 2.45) is 0 Å². The Kier molecular flexibility index (Phi) is 4.11. The van der Waals surface area contributed by atoms with Crippen LogP contribution in [0.2, 0.25) is 5.15 Å². The fourth-order valence-electron chi connectivity index (χ4n) is 2.48.